The largest absolute Gasteiger partial charge is 0.493 e. The first-order chi connectivity index (χ1) is 12.6. The van der Waals surface area contributed by atoms with E-state index in [0.717, 1.165) is 29.4 Å². The monoisotopic (exact) mass is 353 g/mol. The Balaban J connectivity index is 1.45. The van der Waals surface area contributed by atoms with Crippen molar-refractivity contribution in [1.82, 2.24) is 5.32 Å². The van der Waals surface area contributed by atoms with Gasteiger partial charge in [0.25, 0.3) is 5.91 Å². The van der Waals surface area contributed by atoms with Crippen LogP contribution in [0.15, 0.2) is 48.5 Å². The van der Waals surface area contributed by atoms with Gasteiger partial charge in [-0.1, -0.05) is 24.3 Å². The zero-order chi connectivity index (χ0) is 18.4. The van der Waals surface area contributed by atoms with E-state index in [1.165, 1.54) is 12.8 Å². The molecule has 0 bridgehead atoms. The van der Waals surface area contributed by atoms with Gasteiger partial charge < -0.3 is 14.8 Å². The second kappa shape index (κ2) is 8.86. The fourth-order valence-corrected chi connectivity index (χ4v) is 2.50. The van der Waals surface area contributed by atoms with E-state index in [1.807, 2.05) is 62.4 Å². The van der Waals surface area contributed by atoms with Crippen molar-refractivity contribution in [2.45, 2.75) is 45.9 Å². The molecule has 2 aromatic rings. The van der Waals surface area contributed by atoms with Crippen LogP contribution in [0.3, 0.4) is 0 Å². The lowest BCUT2D eigenvalue weighted by atomic mass is 10.1. The number of carbonyl (C=O) groups excluding carboxylic acids is 1. The van der Waals surface area contributed by atoms with Gasteiger partial charge in [0.15, 0.2) is 0 Å². The van der Waals surface area contributed by atoms with Crippen LogP contribution in [-0.2, 0) is 17.9 Å². The van der Waals surface area contributed by atoms with Crippen LogP contribution in [0.5, 0.6) is 5.75 Å². The minimum Gasteiger partial charge on any atom is -0.493 e. The van der Waals surface area contributed by atoms with Crippen LogP contribution in [0.1, 0.15) is 48.2 Å². The Hall–Kier alpha value is -2.33. The maximum atomic E-state index is 12.3. The van der Waals surface area contributed by atoms with Crippen LogP contribution < -0.4 is 10.1 Å². The average molecular weight is 353 g/mol. The van der Waals surface area contributed by atoms with Crippen LogP contribution in [0.2, 0.25) is 0 Å². The van der Waals surface area contributed by atoms with Crippen molar-refractivity contribution < 1.29 is 14.3 Å². The molecule has 0 saturated heterocycles. The molecule has 1 aliphatic rings. The van der Waals surface area contributed by atoms with Crippen molar-refractivity contribution in [3.05, 3.63) is 65.2 Å². The third-order valence-corrected chi connectivity index (χ3v) is 4.36. The van der Waals surface area contributed by atoms with E-state index in [2.05, 4.69) is 5.32 Å². The molecule has 0 heterocycles. The van der Waals surface area contributed by atoms with Crippen LogP contribution in [-0.4, -0.2) is 18.6 Å². The first kappa shape index (κ1) is 18.5. The van der Waals surface area contributed by atoms with E-state index in [9.17, 15) is 4.79 Å². The second-order valence-corrected chi connectivity index (χ2v) is 7.14. The summed E-state index contributed by atoms with van der Waals surface area (Å²) in [7, 11) is 0. The maximum Gasteiger partial charge on any atom is 0.251 e. The van der Waals surface area contributed by atoms with Gasteiger partial charge in [0.2, 0.25) is 0 Å². The molecule has 1 N–H and O–H groups in total. The predicted molar refractivity (Wildman–Crippen MR) is 102 cm³/mol. The van der Waals surface area contributed by atoms with Crippen molar-refractivity contribution in [3.8, 4) is 5.75 Å². The quantitative estimate of drug-likeness (QED) is 0.730. The van der Waals surface area contributed by atoms with Gasteiger partial charge >= 0.3 is 0 Å². The molecule has 3 rings (SSSR count). The number of hydrogen-bond acceptors (Lipinski definition) is 3. The molecule has 0 aliphatic heterocycles. The molecular formula is C22H27NO3. The molecule has 1 aliphatic carbocycles. The third kappa shape index (κ3) is 5.88. The molecule has 0 atom stereocenters. The summed E-state index contributed by atoms with van der Waals surface area (Å²) in [5.41, 5.74) is 2.84. The van der Waals surface area contributed by atoms with Crippen molar-refractivity contribution >= 4 is 5.91 Å². The van der Waals surface area contributed by atoms with E-state index in [0.29, 0.717) is 18.7 Å². The van der Waals surface area contributed by atoms with Crippen LogP contribution in [0.25, 0.3) is 0 Å². The van der Waals surface area contributed by atoms with Gasteiger partial charge in [0, 0.05) is 12.1 Å². The SMILES string of the molecule is CC(C)OCc1ccc(CNC(=O)c2ccc(OCC3CC3)cc2)cc1. The minimum absolute atomic E-state index is 0.0778. The molecule has 0 radical (unpaired) electrons. The first-order valence-corrected chi connectivity index (χ1v) is 9.30. The second-order valence-electron chi connectivity index (χ2n) is 7.14. The fourth-order valence-electron chi connectivity index (χ4n) is 2.50. The van der Waals surface area contributed by atoms with Gasteiger partial charge in [-0.2, -0.15) is 0 Å². The van der Waals surface area contributed by atoms with Gasteiger partial charge in [0.1, 0.15) is 5.75 Å². The summed E-state index contributed by atoms with van der Waals surface area (Å²) >= 11 is 0. The molecular weight excluding hydrogens is 326 g/mol. The van der Waals surface area contributed by atoms with E-state index >= 15 is 0 Å². The summed E-state index contributed by atoms with van der Waals surface area (Å²) in [4.78, 5) is 12.3. The molecule has 2 aromatic carbocycles. The van der Waals surface area contributed by atoms with E-state index in [-0.39, 0.29) is 12.0 Å². The van der Waals surface area contributed by atoms with Crippen LogP contribution >= 0.6 is 0 Å². The van der Waals surface area contributed by atoms with Gasteiger partial charge in [-0.15, -0.1) is 0 Å². The van der Waals surface area contributed by atoms with Crippen molar-refractivity contribution in [2.75, 3.05) is 6.61 Å². The molecule has 138 valence electrons. The lowest BCUT2D eigenvalue weighted by Crippen LogP contribution is -2.22. The molecule has 0 unspecified atom stereocenters. The number of carbonyl (C=O) groups is 1. The van der Waals surface area contributed by atoms with Crippen molar-refractivity contribution in [1.29, 1.82) is 0 Å². The summed E-state index contributed by atoms with van der Waals surface area (Å²) in [5, 5.41) is 2.95. The highest BCUT2D eigenvalue weighted by Crippen LogP contribution is 2.29. The molecule has 4 heteroatoms. The Morgan fingerprint density at radius 2 is 1.69 bits per heavy atom. The van der Waals surface area contributed by atoms with Gasteiger partial charge in [-0.05, 0) is 68.0 Å². The highest BCUT2D eigenvalue weighted by molar-refractivity contribution is 5.94. The van der Waals surface area contributed by atoms with Crippen molar-refractivity contribution in [3.63, 3.8) is 0 Å². The maximum absolute atomic E-state index is 12.3. The number of rotatable bonds is 9. The van der Waals surface area contributed by atoms with Crippen molar-refractivity contribution in [2.24, 2.45) is 5.92 Å². The highest BCUT2D eigenvalue weighted by Gasteiger charge is 2.21. The fraction of sp³-hybridized carbons (Fsp3) is 0.409. The molecule has 1 amide bonds. The molecule has 0 aromatic heterocycles. The predicted octanol–water partition coefficient (Wildman–Crippen LogP) is 4.33. The lowest BCUT2D eigenvalue weighted by molar-refractivity contribution is 0.0657. The van der Waals surface area contributed by atoms with E-state index in [1.54, 1.807) is 0 Å². The summed E-state index contributed by atoms with van der Waals surface area (Å²) in [6.07, 6.45) is 2.76. The minimum atomic E-state index is -0.0778. The topological polar surface area (TPSA) is 47.6 Å². The number of nitrogens with one attached hydrogen (secondary N) is 1. The smallest absolute Gasteiger partial charge is 0.251 e. The summed E-state index contributed by atoms with van der Waals surface area (Å²) in [6, 6.07) is 15.5. The van der Waals surface area contributed by atoms with Crippen LogP contribution in [0, 0.1) is 5.92 Å². The summed E-state index contributed by atoms with van der Waals surface area (Å²) < 4.78 is 11.3. The Kier molecular flexibility index (Phi) is 6.29. The molecule has 1 fully saturated rings. The van der Waals surface area contributed by atoms with E-state index < -0.39 is 0 Å². The summed E-state index contributed by atoms with van der Waals surface area (Å²) in [6.45, 7) is 5.94. The third-order valence-electron chi connectivity index (χ3n) is 4.36. The number of hydrogen-bond donors (Lipinski definition) is 1. The van der Waals surface area contributed by atoms with E-state index in [4.69, 9.17) is 9.47 Å². The number of amides is 1. The molecule has 4 nitrogen and oxygen atoms in total. The molecule has 26 heavy (non-hydrogen) atoms. The zero-order valence-electron chi connectivity index (χ0n) is 15.5. The lowest BCUT2D eigenvalue weighted by Gasteiger charge is -2.09. The van der Waals surface area contributed by atoms with Gasteiger partial charge in [-0.3, -0.25) is 4.79 Å². The normalized spacial score (nSPS) is 13.7. The Morgan fingerprint density at radius 1 is 1.04 bits per heavy atom. The number of benzene rings is 2. The first-order valence-electron chi connectivity index (χ1n) is 9.30. The summed E-state index contributed by atoms with van der Waals surface area (Å²) in [5.74, 6) is 1.47. The van der Waals surface area contributed by atoms with Crippen LogP contribution in [0.4, 0.5) is 0 Å². The number of ether oxygens (including phenoxy) is 2. The van der Waals surface area contributed by atoms with Gasteiger partial charge in [0.05, 0.1) is 19.3 Å². The zero-order valence-corrected chi connectivity index (χ0v) is 15.5. The van der Waals surface area contributed by atoms with Gasteiger partial charge in [-0.25, -0.2) is 0 Å². The highest BCUT2D eigenvalue weighted by atomic mass is 16.5. The molecule has 0 spiro atoms. The Morgan fingerprint density at radius 3 is 2.31 bits per heavy atom. The molecule has 1 saturated carbocycles. The average Bonchev–Trinajstić information content (AvgIpc) is 3.48. The Bertz CT molecular complexity index is 703. The Labute approximate surface area is 155 Å². The standard InChI is InChI=1S/C22H27NO3/c1-16(2)25-14-18-5-3-17(4-6-18)13-23-22(24)20-9-11-21(12-10-20)26-15-19-7-8-19/h3-6,9-12,16,19H,7-8,13-15H2,1-2H3,(H,23,24).